The third kappa shape index (κ3) is 5.80. The number of carbonyl (C=O) groups is 2. The number of anilines is 1. The lowest BCUT2D eigenvalue weighted by atomic mass is 10.1. The van der Waals surface area contributed by atoms with Crippen molar-refractivity contribution in [3.05, 3.63) is 58.1 Å². The van der Waals surface area contributed by atoms with E-state index in [1.807, 2.05) is 32.9 Å². The number of halogens is 1. The average molecular weight is 362 g/mol. The van der Waals surface area contributed by atoms with Gasteiger partial charge in [-0.25, -0.2) is 4.79 Å². The van der Waals surface area contributed by atoms with Gasteiger partial charge in [0.2, 0.25) is 0 Å². The Labute approximate surface area is 151 Å². The summed E-state index contributed by atoms with van der Waals surface area (Å²) in [6.45, 7) is 5.15. The number of hydrogen-bond acceptors (Lipinski definition) is 4. The van der Waals surface area contributed by atoms with Crippen molar-refractivity contribution in [1.82, 2.24) is 0 Å². The lowest BCUT2D eigenvalue weighted by Crippen LogP contribution is -2.24. The highest BCUT2D eigenvalue weighted by atomic mass is 35.5. The fourth-order valence-corrected chi connectivity index (χ4v) is 2.22. The molecule has 0 atom stereocenters. The molecule has 0 aliphatic carbocycles. The van der Waals surface area contributed by atoms with Crippen molar-refractivity contribution < 1.29 is 19.1 Å². The van der Waals surface area contributed by atoms with Crippen molar-refractivity contribution in [2.75, 3.05) is 18.5 Å². The average Bonchev–Trinajstić information content (AvgIpc) is 2.57. The summed E-state index contributed by atoms with van der Waals surface area (Å²) in [5, 5.41) is 3.17. The number of benzene rings is 2. The Morgan fingerprint density at radius 3 is 2.40 bits per heavy atom. The second-order valence-electron chi connectivity index (χ2n) is 5.70. The smallest absolute Gasteiger partial charge is 0.344 e. The molecule has 6 heteroatoms. The summed E-state index contributed by atoms with van der Waals surface area (Å²) in [6, 6.07) is 10.7. The predicted octanol–water partition coefficient (Wildman–Crippen LogP) is 3.83. The van der Waals surface area contributed by atoms with Gasteiger partial charge in [0.1, 0.15) is 5.75 Å². The molecule has 0 aliphatic rings. The molecule has 2 aromatic carbocycles. The van der Waals surface area contributed by atoms with Crippen molar-refractivity contribution in [1.29, 1.82) is 0 Å². The maximum Gasteiger partial charge on any atom is 0.344 e. The quantitative estimate of drug-likeness (QED) is 0.794. The van der Waals surface area contributed by atoms with Crippen molar-refractivity contribution in [2.45, 2.75) is 20.8 Å². The van der Waals surface area contributed by atoms with E-state index in [4.69, 9.17) is 21.1 Å². The minimum atomic E-state index is -0.615. The molecule has 25 heavy (non-hydrogen) atoms. The summed E-state index contributed by atoms with van der Waals surface area (Å²) in [5.41, 5.74) is 3.66. The molecule has 1 amide bonds. The van der Waals surface area contributed by atoms with Crippen molar-refractivity contribution in [3.63, 3.8) is 0 Å². The molecule has 0 saturated carbocycles. The van der Waals surface area contributed by atoms with E-state index in [0.717, 1.165) is 16.7 Å². The maximum absolute atomic E-state index is 11.9. The Morgan fingerprint density at radius 1 is 0.960 bits per heavy atom. The zero-order valence-corrected chi connectivity index (χ0v) is 15.1. The molecule has 0 fully saturated rings. The molecule has 0 saturated heterocycles. The van der Waals surface area contributed by atoms with Crippen molar-refractivity contribution >= 4 is 29.2 Å². The maximum atomic E-state index is 11.9. The zero-order valence-electron chi connectivity index (χ0n) is 14.4. The number of rotatable bonds is 6. The van der Waals surface area contributed by atoms with Gasteiger partial charge in [-0.2, -0.15) is 0 Å². The van der Waals surface area contributed by atoms with E-state index in [9.17, 15) is 9.59 Å². The minimum Gasteiger partial charge on any atom is -0.482 e. The van der Waals surface area contributed by atoms with Crippen molar-refractivity contribution in [3.8, 4) is 5.75 Å². The Balaban J connectivity index is 1.78. The van der Waals surface area contributed by atoms with Crippen LogP contribution in [0.5, 0.6) is 5.75 Å². The molecule has 0 bridgehead atoms. The largest absolute Gasteiger partial charge is 0.482 e. The molecule has 0 spiro atoms. The Bertz CT molecular complexity index is 789. The van der Waals surface area contributed by atoms with E-state index in [1.165, 1.54) is 0 Å². The standard InChI is InChI=1S/C19H20ClNO4/c1-12-5-7-16(8-14(12)3)24-11-19(23)25-10-18(22)21-17-9-15(20)6-4-13(17)2/h4-9H,10-11H2,1-3H3,(H,21,22). The highest BCUT2D eigenvalue weighted by molar-refractivity contribution is 6.31. The van der Waals surface area contributed by atoms with Crippen LogP contribution in [-0.4, -0.2) is 25.1 Å². The first-order chi connectivity index (χ1) is 11.8. The van der Waals surface area contributed by atoms with Gasteiger partial charge in [-0.3, -0.25) is 4.79 Å². The van der Waals surface area contributed by atoms with E-state index in [1.54, 1.807) is 24.3 Å². The summed E-state index contributed by atoms with van der Waals surface area (Å²) in [6.07, 6.45) is 0. The lowest BCUT2D eigenvalue weighted by molar-refractivity contribution is -0.149. The van der Waals surface area contributed by atoms with Crippen LogP contribution < -0.4 is 10.1 Å². The van der Waals surface area contributed by atoms with E-state index < -0.39 is 11.9 Å². The van der Waals surface area contributed by atoms with Gasteiger partial charge in [0.15, 0.2) is 13.2 Å². The number of nitrogens with one attached hydrogen (secondary N) is 1. The fourth-order valence-electron chi connectivity index (χ4n) is 2.05. The van der Waals surface area contributed by atoms with E-state index in [0.29, 0.717) is 16.5 Å². The molecule has 132 valence electrons. The molecule has 0 aromatic heterocycles. The molecule has 0 heterocycles. The van der Waals surface area contributed by atoms with Crippen LogP contribution in [0.15, 0.2) is 36.4 Å². The lowest BCUT2D eigenvalue weighted by Gasteiger charge is -2.10. The highest BCUT2D eigenvalue weighted by Crippen LogP contribution is 2.20. The van der Waals surface area contributed by atoms with Gasteiger partial charge in [-0.1, -0.05) is 23.7 Å². The van der Waals surface area contributed by atoms with Crippen LogP contribution in [0.3, 0.4) is 0 Å². The van der Waals surface area contributed by atoms with Gasteiger partial charge in [-0.05, 0) is 61.7 Å². The molecule has 0 radical (unpaired) electrons. The summed E-state index contributed by atoms with van der Waals surface area (Å²) in [4.78, 5) is 23.6. The molecular weight excluding hydrogens is 342 g/mol. The Kier molecular flexibility index (Phi) is 6.42. The van der Waals surface area contributed by atoms with E-state index in [2.05, 4.69) is 5.32 Å². The number of hydrogen-bond donors (Lipinski definition) is 1. The number of carbonyl (C=O) groups excluding carboxylic acids is 2. The molecule has 0 aliphatic heterocycles. The highest BCUT2D eigenvalue weighted by Gasteiger charge is 2.10. The SMILES string of the molecule is Cc1ccc(OCC(=O)OCC(=O)Nc2cc(Cl)ccc2C)cc1C. The van der Waals surface area contributed by atoms with Gasteiger partial charge in [0, 0.05) is 10.7 Å². The minimum absolute atomic E-state index is 0.258. The van der Waals surface area contributed by atoms with Crippen LogP contribution in [0.4, 0.5) is 5.69 Å². The number of esters is 1. The number of aryl methyl sites for hydroxylation is 3. The Hall–Kier alpha value is -2.53. The predicted molar refractivity (Wildman–Crippen MR) is 97.2 cm³/mol. The van der Waals surface area contributed by atoms with Crippen LogP contribution in [-0.2, 0) is 14.3 Å². The van der Waals surface area contributed by atoms with Gasteiger partial charge in [0.05, 0.1) is 0 Å². The van der Waals surface area contributed by atoms with Gasteiger partial charge < -0.3 is 14.8 Å². The van der Waals surface area contributed by atoms with E-state index >= 15 is 0 Å². The number of ether oxygens (including phenoxy) is 2. The summed E-state index contributed by atoms with van der Waals surface area (Å²) in [7, 11) is 0. The van der Waals surface area contributed by atoms with E-state index in [-0.39, 0.29) is 13.2 Å². The first-order valence-corrected chi connectivity index (χ1v) is 8.14. The normalized spacial score (nSPS) is 10.2. The molecule has 0 unspecified atom stereocenters. The van der Waals surface area contributed by atoms with Gasteiger partial charge in [0.25, 0.3) is 5.91 Å². The number of amides is 1. The molecule has 1 N–H and O–H groups in total. The molecule has 5 nitrogen and oxygen atoms in total. The third-order valence-electron chi connectivity index (χ3n) is 3.67. The first-order valence-electron chi connectivity index (χ1n) is 7.77. The summed E-state index contributed by atoms with van der Waals surface area (Å²) >= 11 is 5.89. The third-order valence-corrected chi connectivity index (χ3v) is 3.91. The summed E-state index contributed by atoms with van der Waals surface area (Å²) in [5.74, 6) is -0.472. The van der Waals surface area contributed by atoms with Crippen LogP contribution in [0.2, 0.25) is 5.02 Å². The molecule has 2 aromatic rings. The zero-order chi connectivity index (χ0) is 18.4. The van der Waals surface area contributed by atoms with Crippen LogP contribution in [0.1, 0.15) is 16.7 Å². The summed E-state index contributed by atoms with van der Waals surface area (Å²) < 4.78 is 10.3. The molecular formula is C19H20ClNO4. The van der Waals surface area contributed by atoms with Gasteiger partial charge in [-0.15, -0.1) is 0 Å². The molecule has 2 rings (SSSR count). The van der Waals surface area contributed by atoms with Crippen LogP contribution >= 0.6 is 11.6 Å². The Morgan fingerprint density at radius 2 is 1.68 bits per heavy atom. The van der Waals surface area contributed by atoms with Crippen LogP contribution in [0, 0.1) is 20.8 Å². The second-order valence-corrected chi connectivity index (χ2v) is 6.14. The first kappa shape index (κ1) is 18.8. The van der Waals surface area contributed by atoms with Crippen LogP contribution in [0.25, 0.3) is 0 Å². The van der Waals surface area contributed by atoms with Crippen molar-refractivity contribution in [2.24, 2.45) is 0 Å². The fraction of sp³-hybridized carbons (Fsp3) is 0.263. The van der Waals surface area contributed by atoms with Gasteiger partial charge >= 0.3 is 5.97 Å². The monoisotopic (exact) mass is 361 g/mol. The second kappa shape index (κ2) is 8.53. The topological polar surface area (TPSA) is 64.6 Å².